The summed E-state index contributed by atoms with van der Waals surface area (Å²) >= 11 is 5.94. The van der Waals surface area contributed by atoms with E-state index in [1.807, 2.05) is 0 Å². The molecule has 6 nitrogen and oxygen atoms in total. The average Bonchev–Trinajstić information content (AvgIpc) is 3.03. The van der Waals surface area contributed by atoms with Crippen molar-refractivity contribution in [3.05, 3.63) is 58.8 Å². The Bertz CT molecular complexity index is 671. The molecule has 0 saturated heterocycles. The maximum absolute atomic E-state index is 13.7. The van der Waals surface area contributed by atoms with Crippen molar-refractivity contribution in [3.8, 4) is 0 Å². The number of rotatable bonds is 5. The molecular formula is C15H15ClFN3O3. The maximum atomic E-state index is 13.7. The Balaban J connectivity index is 1.82. The standard InChI is InChI=1S/C15H15ClFN3O3/c1-20(8-10-11(16)4-2-5-12(10)17)9-14(21)18-19-15(22)13-6-3-7-23-13/h2-7H,8-9H2,1H3,(H,18,21)(H,19,22). The van der Waals surface area contributed by atoms with Gasteiger partial charge in [0.2, 0.25) is 0 Å². The van der Waals surface area contributed by atoms with E-state index in [9.17, 15) is 14.0 Å². The van der Waals surface area contributed by atoms with Crippen LogP contribution in [0, 0.1) is 5.82 Å². The van der Waals surface area contributed by atoms with E-state index in [0.717, 1.165) is 0 Å². The number of carbonyl (C=O) groups is 2. The van der Waals surface area contributed by atoms with Gasteiger partial charge in [-0.05, 0) is 31.3 Å². The number of hydrogen-bond donors (Lipinski definition) is 2. The number of halogens is 2. The lowest BCUT2D eigenvalue weighted by molar-refractivity contribution is -0.122. The van der Waals surface area contributed by atoms with E-state index in [1.54, 1.807) is 24.1 Å². The van der Waals surface area contributed by atoms with E-state index in [-0.39, 0.29) is 18.8 Å². The molecule has 2 aromatic rings. The van der Waals surface area contributed by atoms with Crippen molar-refractivity contribution < 1.29 is 18.4 Å². The second-order valence-corrected chi connectivity index (χ2v) is 5.26. The van der Waals surface area contributed by atoms with Crippen LogP contribution in [0.2, 0.25) is 5.02 Å². The van der Waals surface area contributed by atoms with Crippen molar-refractivity contribution in [2.45, 2.75) is 6.54 Å². The van der Waals surface area contributed by atoms with Crippen molar-refractivity contribution in [1.29, 1.82) is 0 Å². The summed E-state index contributed by atoms with van der Waals surface area (Å²) in [4.78, 5) is 24.9. The lowest BCUT2D eigenvalue weighted by Gasteiger charge is -2.17. The van der Waals surface area contributed by atoms with Gasteiger partial charge >= 0.3 is 5.91 Å². The second-order valence-electron chi connectivity index (χ2n) is 4.85. The van der Waals surface area contributed by atoms with Crippen LogP contribution in [-0.2, 0) is 11.3 Å². The van der Waals surface area contributed by atoms with Crippen LogP contribution < -0.4 is 10.9 Å². The predicted octanol–water partition coefficient (Wildman–Crippen LogP) is 1.97. The van der Waals surface area contributed by atoms with Crippen molar-refractivity contribution in [3.63, 3.8) is 0 Å². The molecule has 2 amide bonds. The van der Waals surface area contributed by atoms with Crippen molar-refractivity contribution in [1.82, 2.24) is 15.8 Å². The van der Waals surface area contributed by atoms with Gasteiger partial charge < -0.3 is 4.42 Å². The molecule has 0 aliphatic rings. The number of amides is 2. The first-order chi connectivity index (χ1) is 11.0. The molecule has 1 heterocycles. The van der Waals surface area contributed by atoms with Gasteiger partial charge in [-0.25, -0.2) is 4.39 Å². The van der Waals surface area contributed by atoms with E-state index in [4.69, 9.17) is 16.0 Å². The number of furan rings is 1. The fourth-order valence-corrected chi connectivity index (χ4v) is 2.11. The van der Waals surface area contributed by atoms with Gasteiger partial charge in [0, 0.05) is 17.1 Å². The zero-order chi connectivity index (χ0) is 16.8. The largest absolute Gasteiger partial charge is 0.459 e. The third kappa shape index (κ3) is 4.80. The van der Waals surface area contributed by atoms with Crippen LogP contribution in [0.4, 0.5) is 4.39 Å². The number of carbonyl (C=O) groups excluding carboxylic acids is 2. The highest BCUT2D eigenvalue weighted by Crippen LogP contribution is 2.20. The molecule has 0 atom stereocenters. The Hall–Kier alpha value is -2.38. The highest BCUT2D eigenvalue weighted by molar-refractivity contribution is 6.31. The van der Waals surface area contributed by atoms with E-state index >= 15 is 0 Å². The number of benzene rings is 1. The molecule has 0 bridgehead atoms. The number of nitrogens with one attached hydrogen (secondary N) is 2. The lowest BCUT2D eigenvalue weighted by Crippen LogP contribution is -2.45. The highest BCUT2D eigenvalue weighted by Gasteiger charge is 2.14. The van der Waals surface area contributed by atoms with Gasteiger partial charge in [-0.2, -0.15) is 0 Å². The van der Waals surface area contributed by atoms with E-state index in [2.05, 4.69) is 10.9 Å². The number of nitrogens with zero attached hydrogens (tertiary/aromatic N) is 1. The number of hydrazine groups is 1. The molecule has 0 spiro atoms. The van der Waals surface area contributed by atoms with Crippen molar-refractivity contribution >= 4 is 23.4 Å². The van der Waals surface area contributed by atoms with Gasteiger partial charge in [-0.1, -0.05) is 17.7 Å². The predicted molar refractivity (Wildman–Crippen MR) is 82.1 cm³/mol. The fraction of sp³-hybridized carbons (Fsp3) is 0.200. The molecule has 0 fully saturated rings. The SMILES string of the molecule is CN(CC(=O)NNC(=O)c1ccco1)Cc1c(F)cccc1Cl. The fourth-order valence-electron chi connectivity index (χ4n) is 1.89. The number of likely N-dealkylation sites (N-methyl/N-ethyl adjacent to an activating group) is 1. The quantitative estimate of drug-likeness (QED) is 0.817. The minimum atomic E-state index is -0.567. The second kappa shape index (κ2) is 7.75. The molecule has 8 heteroatoms. The van der Waals surface area contributed by atoms with Gasteiger partial charge in [0.1, 0.15) is 5.82 Å². The Morgan fingerprint density at radius 3 is 2.70 bits per heavy atom. The van der Waals surface area contributed by atoms with E-state index < -0.39 is 17.6 Å². The zero-order valence-corrected chi connectivity index (χ0v) is 13.1. The molecule has 2 N–H and O–H groups in total. The molecular weight excluding hydrogens is 325 g/mol. The Kier molecular flexibility index (Phi) is 5.72. The van der Waals surface area contributed by atoms with Crippen molar-refractivity contribution in [2.24, 2.45) is 0 Å². The first-order valence-corrected chi connectivity index (χ1v) is 7.09. The first-order valence-electron chi connectivity index (χ1n) is 6.71. The normalized spacial score (nSPS) is 10.6. The molecule has 0 aliphatic carbocycles. The monoisotopic (exact) mass is 339 g/mol. The van der Waals surface area contributed by atoms with Gasteiger partial charge in [-0.15, -0.1) is 0 Å². The Morgan fingerprint density at radius 1 is 1.26 bits per heavy atom. The average molecular weight is 340 g/mol. The Morgan fingerprint density at radius 2 is 2.04 bits per heavy atom. The Labute approximate surface area is 137 Å². The summed E-state index contributed by atoms with van der Waals surface area (Å²) in [5, 5.41) is 0.295. The zero-order valence-electron chi connectivity index (χ0n) is 12.3. The summed E-state index contributed by atoms with van der Waals surface area (Å²) in [6, 6.07) is 7.42. The van der Waals surface area contributed by atoms with Crippen LogP contribution >= 0.6 is 11.6 Å². The molecule has 0 radical (unpaired) electrons. The molecule has 1 aromatic heterocycles. The van der Waals surface area contributed by atoms with Gasteiger partial charge in [-0.3, -0.25) is 25.3 Å². The summed E-state index contributed by atoms with van der Waals surface area (Å²) in [5.41, 5.74) is 4.78. The third-order valence-electron chi connectivity index (χ3n) is 2.96. The van der Waals surface area contributed by atoms with Crippen LogP contribution in [0.3, 0.4) is 0 Å². The minimum absolute atomic E-state index is 0.0525. The summed E-state index contributed by atoms with van der Waals surface area (Å²) in [7, 11) is 1.64. The minimum Gasteiger partial charge on any atom is -0.459 e. The molecule has 1 aromatic carbocycles. The lowest BCUT2D eigenvalue weighted by atomic mass is 10.2. The third-order valence-corrected chi connectivity index (χ3v) is 3.32. The molecule has 122 valence electrons. The van der Waals surface area contributed by atoms with Gasteiger partial charge in [0.25, 0.3) is 5.91 Å². The number of hydrogen-bond acceptors (Lipinski definition) is 4. The van der Waals surface area contributed by atoms with Crippen molar-refractivity contribution in [2.75, 3.05) is 13.6 Å². The van der Waals surface area contributed by atoms with Crippen LogP contribution in [-0.4, -0.2) is 30.3 Å². The molecule has 0 saturated carbocycles. The summed E-state index contributed by atoms with van der Waals surface area (Å²) < 4.78 is 18.6. The topological polar surface area (TPSA) is 74.6 Å². The first kappa shape index (κ1) is 17.0. The van der Waals surface area contributed by atoms with E-state index in [1.165, 1.54) is 24.5 Å². The summed E-state index contributed by atoms with van der Waals surface area (Å²) in [5.74, 6) is -1.38. The smallest absolute Gasteiger partial charge is 0.305 e. The maximum Gasteiger partial charge on any atom is 0.305 e. The molecule has 0 unspecified atom stereocenters. The molecule has 23 heavy (non-hydrogen) atoms. The molecule has 0 aliphatic heterocycles. The van der Waals surface area contributed by atoms with Crippen LogP contribution in [0.15, 0.2) is 41.0 Å². The van der Waals surface area contributed by atoms with Crippen LogP contribution in [0.1, 0.15) is 16.1 Å². The van der Waals surface area contributed by atoms with Gasteiger partial charge in [0.15, 0.2) is 5.76 Å². The summed E-state index contributed by atoms with van der Waals surface area (Å²) in [6.07, 6.45) is 1.35. The molecule has 2 rings (SSSR count). The van der Waals surface area contributed by atoms with Crippen LogP contribution in [0.5, 0.6) is 0 Å². The van der Waals surface area contributed by atoms with E-state index in [0.29, 0.717) is 10.6 Å². The van der Waals surface area contributed by atoms with Gasteiger partial charge in [0.05, 0.1) is 12.8 Å². The summed E-state index contributed by atoms with van der Waals surface area (Å²) in [6.45, 7) is 0.105. The van der Waals surface area contributed by atoms with Crippen LogP contribution in [0.25, 0.3) is 0 Å². The highest BCUT2D eigenvalue weighted by atomic mass is 35.5.